The van der Waals surface area contributed by atoms with Gasteiger partial charge in [-0.25, -0.2) is 14.2 Å². The Labute approximate surface area is 188 Å². The molecule has 0 saturated heterocycles. The van der Waals surface area contributed by atoms with Crippen molar-refractivity contribution in [3.63, 3.8) is 0 Å². The van der Waals surface area contributed by atoms with E-state index in [1.807, 2.05) is 48.5 Å². The Balaban J connectivity index is 1.41. The van der Waals surface area contributed by atoms with Crippen LogP contribution in [0.1, 0.15) is 47.3 Å². The molecule has 4 rings (SSSR count). The molecule has 0 radical (unpaired) electrons. The molecule has 1 aromatic heterocycles. The van der Waals surface area contributed by atoms with E-state index in [0.717, 1.165) is 22.3 Å². The van der Waals surface area contributed by atoms with Gasteiger partial charge in [-0.15, -0.1) is 0 Å². The summed E-state index contributed by atoms with van der Waals surface area (Å²) >= 11 is 0. The Morgan fingerprint density at radius 2 is 1.70 bits per heavy atom. The quantitative estimate of drug-likeness (QED) is 0.474. The predicted octanol–water partition coefficient (Wildman–Crippen LogP) is 3.41. The molecule has 3 N–H and O–H groups in total. The minimum Gasteiger partial charge on any atom is -0.480 e. The van der Waals surface area contributed by atoms with Gasteiger partial charge in [-0.3, -0.25) is 10.1 Å². The molecule has 0 fully saturated rings. The van der Waals surface area contributed by atoms with Gasteiger partial charge >= 0.3 is 12.1 Å². The van der Waals surface area contributed by atoms with Crippen molar-refractivity contribution in [1.29, 1.82) is 0 Å². The number of carbonyl (C=O) groups is 3. The first kappa shape index (κ1) is 22.0. The number of carboxylic acids is 1. The van der Waals surface area contributed by atoms with Crippen molar-refractivity contribution in [1.82, 2.24) is 15.6 Å². The van der Waals surface area contributed by atoms with Crippen LogP contribution in [0.5, 0.6) is 0 Å². The lowest BCUT2D eigenvalue weighted by Crippen LogP contribution is -2.41. The van der Waals surface area contributed by atoms with E-state index in [0.29, 0.717) is 6.42 Å². The zero-order valence-corrected chi connectivity index (χ0v) is 17.8. The maximum absolute atomic E-state index is 12.4. The van der Waals surface area contributed by atoms with Crippen LogP contribution in [0.2, 0.25) is 0 Å². The van der Waals surface area contributed by atoms with Crippen molar-refractivity contribution in [3.8, 4) is 11.1 Å². The second-order valence-electron chi connectivity index (χ2n) is 7.56. The molecule has 3 aromatic rings. The number of hydrogen-bond acceptors (Lipinski definition) is 7. The first-order valence-corrected chi connectivity index (χ1v) is 10.5. The fraction of sp³-hybridized carbons (Fsp3) is 0.261. The van der Waals surface area contributed by atoms with E-state index < -0.39 is 24.0 Å². The zero-order chi connectivity index (χ0) is 23.4. The van der Waals surface area contributed by atoms with Crippen molar-refractivity contribution in [2.24, 2.45) is 0 Å². The number of hydrogen-bond donors (Lipinski definition) is 3. The molecule has 0 spiro atoms. The fourth-order valence-electron chi connectivity index (χ4n) is 3.92. The summed E-state index contributed by atoms with van der Waals surface area (Å²) in [6.07, 6.45) is -0.0503. The molecule has 1 aliphatic carbocycles. The van der Waals surface area contributed by atoms with Gasteiger partial charge in [0.05, 0.1) is 0 Å². The average molecular weight is 450 g/mol. The van der Waals surface area contributed by atoms with Crippen LogP contribution in [-0.2, 0) is 9.53 Å². The molecule has 10 nitrogen and oxygen atoms in total. The van der Waals surface area contributed by atoms with E-state index in [-0.39, 0.29) is 30.5 Å². The number of aliphatic carboxylic acids is 1. The Kier molecular flexibility index (Phi) is 6.34. The number of ether oxygens (including phenoxy) is 1. The lowest BCUT2D eigenvalue weighted by molar-refractivity contribution is -0.139. The highest BCUT2D eigenvalue weighted by molar-refractivity contribution is 6.01. The smallest absolute Gasteiger partial charge is 0.412 e. The molecule has 2 aromatic carbocycles. The normalized spacial score (nSPS) is 13.0. The number of carboxylic acid groups (broad SMARTS) is 1. The molecule has 33 heavy (non-hydrogen) atoms. The van der Waals surface area contributed by atoms with Gasteiger partial charge in [0.25, 0.3) is 5.91 Å². The third-order valence-electron chi connectivity index (χ3n) is 5.45. The zero-order valence-electron chi connectivity index (χ0n) is 17.8. The maximum atomic E-state index is 12.4. The molecule has 1 aliphatic rings. The number of benzene rings is 2. The minimum absolute atomic E-state index is 0.0737. The molecule has 0 saturated carbocycles. The molecule has 10 heteroatoms. The molecule has 1 heterocycles. The largest absolute Gasteiger partial charge is 0.480 e. The SMILES string of the molecule is CCC[C@@H](NC(=O)c1nonc1NC(=O)OCC1c2ccccc2-c2ccccc21)C(=O)O. The van der Waals surface area contributed by atoms with E-state index >= 15 is 0 Å². The molecule has 0 bridgehead atoms. The molecule has 0 aliphatic heterocycles. The number of anilines is 1. The summed E-state index contributed by atoms with van der Waals surface area (Å²) in [4.78, 5) is 36.1. The van der Waals surface area contributed by atoms with Crippen LogP contribution in [0.15, 0.2) is 53.2 Å². The number of fused-ring (bicyclic) bond motifs is 3. The lowest BCUT2D eigenvalue weighted by atomic mass is 9.98. The first-order valence-electron chi connectivity index (χ1n) is 10.5. The monoisotopic (exact) mass is 450 g/mol. The second-order valence-corrected chi connectivity index (χ2v) is 7.56. The van der Waals surface area contributed by atoms with Gasteiger partial charge in [0.15, 0.2) is 0 Å². The van der Waals surface area contributed by atoms with Gasteiger partial charge in [-0.05, 0) is 39.0 Å². The number of amides is 2. The number of nitrogens with one attached hydrogen (secondary N) is 2. The van der Waals surface area contributed by atoms with Crippen LogP contribution in [0, 0.1) is 0 Å². The summed E-state index contributed by atoms with van der Waals surface area (Å²) in [6.45, 7) is 1.87. The van der Waals surface area contributed by atoms with Gasteiger partial charge in [0, 0.05) is 5.92 Å². The van der Waals surface area contributed by atoms with Crippen molar-refractivity contribution < 1.29 is 28.9 Å². The van der Waals surface area contributed by atoms with Crippen LogP contribution < -0.4 is 10.6 Å². The van der Waals surface area contributed by atoms with Crippen LogP contribution >= 0.6 is 0 Å². The first-order chi connectivity index (χ1) is 16.0. The summed E-state index contributed by atoms with van der Waals surface area (Å²) in [5.74, 6) is -2.39. The number of aromatic nitrogens is 2. The van der Waals surface area contributed by atoms with Crippen LogP contribution in [0.4, 0.5) is 10.6 Å². The Hall–Kier alpha value is -4.21. The van der Waals surface area contributed by atoms with Gasteiger partial charge in [0.1, 0.15) is 12.6 Å². The summed E-state index contributed by atoms with van der Waals surface area (Å²) in [7, 11) is 0. The highest BCUT2D eigenvalue weighted by Crippen LogP contribution is 2.44. The molecular weight excluding hydrogens is 428 g/mol. The lowest BCUT2D eigenvalue weighted by Gasteiger charge is -2.14. The average Bonchev–Trinajstić information content (AvgIpc) is 3.40. The molecule has 0 unspecified atom stereocenters. The Bertz CT molecular complexity index is 1150. The highest BCUT2D eigenvalue weighted by atomic mass is 16.6. The van der Waals surface area contributed by atoms with Crippen LogP contribution in [0.3, 0.4) is 0 Å². The van der Waals surface area contributed by atoms with E-state index in [2.05, 4.69) is 25.6 Å². The van der Waals surface area contributed by atoms with Gasteiger partial charge < -0.3 is 15.2 Å². The minimum atomic E-state index is -1.17. The highest BCUT2D eigenvalue weighted by Gasteiger charge is 2.30. The Morgan fingerprint density at radius 1 is 1.06 bits per heavy atom. The Morgan fingerprint density at radius 3 is 2.30 bits per heavy atom. The van der Waals surface area contributed by atoms with Crippen LogP contribution in [-0.4, -0.2) is 46.0 Å². The van der Waals surface area contributed by atoms with Crippen LogP contribution in [0.25, 0.3) is 11.1 Å². The molecular formula is C23H22N4O6. The van der Waals surface area contributed by atoms with E-state index in [9.17, 15) is 19.5 Å². The van der Waals surface area contributed by atoms with Gasteiger partial charge in [-0.1, -0.05) is 61.9 Å². The third kappa shape index (κ3) is 4.54. The van der Waals surface area contributed by atoms with Crippen molar-refractivity contribution in [3.05, 3.63) is 65.4 Å². The predicted molar refractivity (Wildman–Crippen MR) is 117 cm³/mol. The topological polar surface area (TPSA) is 144 Å². The molecule has 2 amide bonds. The summed E-state index contributed by atoms with van der Waals surface area (Å²) in [6, 6.07) is 14.8. The van der Waals surface area contributed by atoms with E-state index in [1.165, 1.54) is 0 Å². The van der Waals surface area contributed by atoms with E-state index in [1.54, 1.807) is 6.92 Å². The molecule has 1 atom stereocenters. The summed E-state index contributed by atoms with van der Waals surface area (Å²) in [5.41, 5.74) is 3.98. The third-order valence-corrected chi connectivity index (χ3v) is 5.45. The summed E-state index contributed by atoms with van der Waals surface area (Å²) in [5, 5.41) is 20.9. The number of nitrogens with zero attached hydrogens (tertiary/aromatic N) is 2. The summed E-state index contributed by atoms with van der Waals surface area (Å²) < 4.78 is 9.98. The van der Waals surface area contributed by atoms with Gasteiger partial charge in [0.2, 0.25) is 11.5 Å². The van der Waals surface area contributed by atoms with E-state index in [4.69, 9.17) is 4.74 Å². The maximum Gasteiger partial charge on any atom is 0.412 e. The van der Waals surface area contributed by atoms with Gasteiger partial charge in [-0.2, -0.15) is 0 Å². The second kappa shape index (κ2) is 9.51. The standard InChI is InChI=1S/C23H22N4O6/c1-2-7-18(22(29)30)24-21(28)19-20(27-33-26-19)25-23(31)32-12-17-15-10-5-3-8-13(15)14-9-4-6-11-16(14)17/h3-6,8-11,17-18H,2,7,12H2,1H3,(H,24,28)(H,29,30)(H,25,27,31)/t18-/m1/s1. The number of carbonyl (C=O) groups excluding carboxylic acids is 2. The van der Waals surface area contributed by atoms with Crippen molar-refractivity contribution in [2.45, 2.75) is 31.7 Å². The van der Waals surface area contributed by atoms with Crippen molar-refractivity contribution in [2.75, 3.05) is 11.9 Å². The number of rotatable bonds is 8. The fourth-order valence-corrected chi connectivity index (χ4v) is 3.92. The van der Waals surface area contributed by atoms with Crippen molar-refractivity contribution >= 4 is 23.8 Å². The molecule has 170 valence electrons.